The number of benzene rings is 4. The first-order valence-electron chi connectivity index (χ1n) is 15.0. The second kappa shape index (κ2) is 14.3. The number of likely N-dealkylation sites (tertiary alicyclic amines) is 1. The van der Waals surface area contributed by atoms with Gasteiger partial charge in [0.05, 0.1) is 0 Å². The van der Waals surface area contributed by atoms with Crippen LogP contribution in [0.3, 0.4) is 0 Å². The molecule has 0 aromatic heterocycles. The van der Waals surface area contributed by atoms with Crippen LogP contribution in [-0.4, -0.2) is 28.9 Å². The van der Waals surface area contributed by atoms with E-state index < -0.39 is 0 Å². The molecule has 0 atom stereocenters. The van der Waals surface area contributed by atoms with Crippen LogP contribution < -0.4 is 0 Å². The molecule has 0 unspecified atom stereocenters. The lowest BCUT2D eigenvalue weighted by Gasteiger charge is -2.39. The highest BCUT2D eigenvalue weighted by Gasteiger charge is 2.25. The van der Waals surface area contributed by atoms with Gasteiger partial charge in [-0.3, -0.25) is 9.80 Å². The van der Waals surface area contributed by atoms with Crippen LogP contribution in [0.2, 0.25) is 0 Å². The number of nitrogens with zero attached hydrogens (tertiary/aromatic N) is 2. The maximum atomic E-state index is 2.74. The van der Waals surface area contributed by atoms with Gasteiger partial charge >= 0.3 is 0 Å². The molecule has 1 heterocycles. The zero-order chi connectivity index (χ0) is 26.7. The van der Waals surface area contributed by atoms with Gasteiger partial charge < -0.3 is 0 Å². The number of hydrogen-bond donors (Lipinski definition) is 0. The van der Waals surface area contributed by atoms with Gasteiger partial charge in [0, 0.05) is 25.7 Å². The average molecular weight is 517 g/mol. The van der Waals surface area contributed by atoms with Gasteiger partial charge in [0.2, 0.25) is 0 Å². The van der Waals surface area contributed by atoms with E-state index in [4.69, 9.17) is 0 Å². The fourth-order valence-corrected chi connectivity index (χ4v) is 5.89. The van der Waals surface area contributed by atoms with Crippen molar-refractivity contribution in [3.8, 4) is 11.1 Å². The highest BCUT2D eigenvalue weighted by atomic mass is 15.2. The fraction of sp³-hybridized carbons (Fsp3) is 0.351. The van der Waals surface area contributed by atoms with E-state index in [9.17, 15) is 0 Å². The largest absolute Gasteiger partial charge is 0.299 e. The summed E-state index contributed by atoms with van der Waals surface area (Å²) >= 11 is 0. The Morgan fingerprint density at radius 3 is 1.74 bits per heavy atom. The summed E-state index contributed by atoms with van der Waals surface area (Å²) in [6.07, 6.45) is 7.55. The van der Waals surface area contributed by atoms with Crippen molar-refractivity contribution in [1.29, 1.82) is 0 Å². The van der Waals surface area contributed by atoms with Crippen molar-refractivity contribution in [2.75, 3.05) is 13.1 Å². The minimum absolute atomic E-state index is 0.607. The quantitative estimate of drug-likeness (QED) is 0.174. The van der Waals surface area contributed by atoms with Crippen molar-refractivity contribution < 1.29 is 0 Å². The molecular formula is C37H44N2. The highest BCUT2D eigenvalue weighted by molar-refractivity contribution is 5.63. The summed E-state index contributed by atoms with van der Waals surface area (Å²) in [4.78, 5) is 5.37. The average Bonchev–Trinajstić information content (AvgIpc) is 3.00. The number of unbranched alkanes of at least 4 members (excludes halogenated alkanes) is 2. The Bertz CT molecular complexity index is 1220. The predicted octanol–water partition coefficient (Wildman–Crippen LogP) is 8.75. The zero-order valence-corrected chi connectivity index (χ0v) is 23.6. The van der Waals surface area contributed by atoms with Gasteiger partial charge in [-0.25, -0.2) is 0 Å². The van der Waals surface area contributed by atoms with E-state index in [1.54, 1.807) is 0 Å². The van der Waals surface area contributed by atoms with Gasteiger partial charge in [-0.2, -0.15) is 0 Å². The van der Waals surface area contributed by atoms with Crippen LogP contribution in [0.25, 0.3) is 11.1 Å². The fourth-order valence-electron chi connectivity index (χ4n) is 5.89. The lowest BCUT2D eigenvalue weighted by Crippen LogP contribution is -2.44. The number of piperidine rings is 1. The molecule has 0 spiro atoms. The van der Waals surface area contributed by atoms with Crippen LogP contribution in [0.15, 0.2) is 109 Å². The maximum absolute atomic E-state index is 2.74. The molecule has 0 radical (unpaired) electrons. The third-order valence-corrected chi connectivity index (χ3v) is 8.25. The van der Waals surface area contributed by atoms with Gasteiger partial charge in [-0.05, 0) is 72.2 Å². The molecule has 1 aliphatic rings. The monoisotopic (exact) mass is 516 g/mol. The smallest absolute Gasteiger partial charge is 0.0240 e. The zero-order valence-electron chi connectivity index (χ0n) is 23.6. The second-order valence-corrected chi connectivity index (χ2v) is 11.2. The van der Waals surface area contributed by atoms with Gasteiger partial charge in [0.15, 0.2) is 0 Å². The molecule has 0 saturated carbocycles. The lowest BCUT2D eigenvalue weighted by atomic mass is 9.99. The molecule has 4 aromatic rings. The van der Waals surface area contributed by atoms with Gasteiger partial charge in [0.1, 0.15) is 0 Å². The number of aryl methyl sites for hydroxylation is 1. The minimum Gasteiger partial charge on any atom is -0.299 e. The first-order chi connectivity index (χ1) is 19.3. The third-order valence-electron chi connectivity index (χ3n) is 8.25. The van der Waals surface area contributed by atoms with E-state index in [1.807, 2.05) is 0 Å². The normalized spacial score (nSPS) is 14.6. The Morgan fingerprint density at radius 2 is 1.13 bits per heavy atom. The van der Waals surface area contributed by atoms with Crippen LogP contribution in [-0.2, 0) is 26.1 Å². The predicted molar refractivity (Wildman–Crippen MR) is 166 cm³/mol. The van der Waals surface area contributed by atoms with Crippen molar-refractivity contribution in [1.82, 2.24) is 9.80 Å². The Labute approximate surface area is 236 Å². The van der Waals surface area contributed by atoms with Crippen molar-refractivity contribution in [2.24, 2.45) is 0 Å². The second-order valence-electron chi connectivity index (χ2n) is 11.2. The van der Waals surface area contributed by atoms with Crippen molar-refractivity contribution in [2.45, 2.75) is 71.1 Å². The topological polar surface area (TPSA) is 6.48 Å². The molecule has 1 aliphatic heterocycles. The van der Waals surface area contributed by atoms with E-state index in [0.29, 0.717) is 6.04 Å². The van der Waals surface area contributed by atoms with E-state index >= 15 is 0 Å². The molecule has 39 heavy (non-hydrogen) atoms. The molecule has 0 aliphatic carbocycles. The lowest BCUT2D eigenvalue weighted by molar-refractivity contribution is 0.0933. The SMILES string of the molecule is CCCCCc1ccc(CN(Cc2ccc(-c3ccccc3)cc2)C2CCN(Cc3ccccc3)CC2)cc1. The molecule has 0 bridgehead atoms. The van der Waals surface area contributed by atoms with E-state index in [2.05, 4.69) is 126 Å². The summed E-state index contributed by atoms with van der Waals surface area (Å²) in [7, 11) is 0. The van der Waals surface area contributed by atoms with Crippen molar-refractivity contribution in [3.63, 3.8) is 0 Å². The number of hydrogen-bond acceptors (Lipinski definition) is 2. The minimum atomic E-state index is 0.607. The van der Waals surface area contributed by atoms with Crippen LogP contribution in [0.4, 0.5) is 0 Å². The molecule has 4 aromatic carbocycles. The molecule has 202 valence electrons. The van der Waals surface area contributed by atoms with Crippen LogP contribution in [0, 0.1) is 0 Å². The summed E-state index contributed by atoms with van der Waals surface area (Å²) in [5, 5.41) is 0. The molecule has 0 amide bonds. The highest BCUT2D eigenvalue weighted by Crippen LogP contribution is 2.25. The Balaban J connectivity index is 1.26. The molecular weight excluding hydrogens is 472 g/mol. The molecule has 1 fully saturated rings. The first kappa shape index (κ1) is 27.4. The summed E-state index contributed by atoms with van der Waals surface area (Å²) in [6, 6.07) is 40.9. The molecule has 1 saturated heterocycles. The molecule has 2 nitrogen and oxygen atoms in total. The van der Waals surface area contributed by atoms with Crippen LogP contribution >= 0.6 is 0 Å². The Hall–Kier alpha value is -3.20. The van der Waals surface area contributed by atoms with Gasteiger partial charge in [-0.15, -0.1) is 0 Å². The van der Waals surface area contributed by atoms with Gasteiger partial charge in [0.25, 0.3) is 0 Å². The van der Waals surface area contributed by atoms with E-state index in [-0.39, 0.29) is 0 Å². The van der Waals surface area contributed by atoms with Crippen LogP contribution in [0.5, 0.6) is 0 Å². The standard InChI is InChI=1S/C37H44N2/c1-2-3-6-11-31-16-18-33(19-17-31)29-39(30-34-20-22-36(23-21-34)35-14-9-5-10-15-35)37-24-26-38(27-25-37)28-32-12-7-4-8-13-32/h4-5,7-10,12-23,37H,2-3,6,11,24-30H2,1H3. The third kappa shape index (κ3) is 8.14. The molecule has 5 rings (SSSR count). The first-order valence-corrected chi connectivity index (χ1v) is 15.0. The summed E-state index contributed by atoms with van der Waals surface area (Å²) in [5.74, 6) is 0. The van der Waals surface area contributed by atoms with Crippen molar-refractivity contribution in [3.05, 3.63) is 131 Å². The molecule has 2 heteroatoms. The summed E-state index contributed by atoms with van der Waals surface area (Å²) < 4.78 is 0. The summed E-state index contributed by atoms with van der Waals surface area (Å²) in [6.45, 7) is 7.68. The Kier molecular flexibility index (Phi) is 10.0. The van der Waals surface area contributed by atoms with Gasteiger partial charge in [-0.1, -0.05) is 129 Å². The van der Waals surface area contributed by atoms with E-state index in [1.165, 1.54) is 85.0 Å². The molecule has 0 N–H and O–H groups in total. The van der Waals surface area contributed by atoms with E-state index in [0.717, 1.165) is 19.6 Å². The number of rotatable bonds is 12. The van der Waals surface area contributed by atoms with Crippen LogP contribution in [0.1, 0.15) is 61.3 Å². The van der Waals surface area contributed by atoms with Crippen molar-refractivity contribution >= 4 is 0 Å². The summed E-state index contributed by atoms with van der Waals surface area (Å²) in [5.41, 5.74) is 8.30. The Morgan fingerprint density at radius 1 is 0.590 bits per heavy atom. The maximum Gasteiger partial charge on any atom is 0.0240 e.